The first-order chi connectivity index (χ1) is 9.43. The average molecular weight is 318 g/mol. The molecule has 2 rings (SSSR count). The second-order valence-electron chi connectivity index (χ2n) is 4.75. The van der Waals surface area contributed by atoms with Crippen LogP contribution < -0.4 is 0 Å². The molecule has 1 aromatic rings. The molecule has 7 nitrogen and oxygen atoms in total. The van der Waals surface area contributed by atoms with Crippen molar-refractivity contribution in [3.63, 3.8) is 0 Å². The van der Waals surface area contributed by atoms with Gasteiger partial charge in [0, 0.05) is 19.6 Å². The van der Waals surface area contributed by atoms with E-state index in [1.54, 1.807) is 18.3 Å². The van der Waals surface area contributed by atoms with Crippen LogP contribution in [0.1, 0.15) is 13.3 Å². The quantitative estimate of drug-likeness (QED) is 0.712. The van der Waals surface area contributed by atoms with E-state index in [0.29, 0.717) is 11.6 Å². The first-order valence-corrected chi connectivity index (χ1v) is 9.20. The molecule has 1 fully saturated rings. The summed E-state index contributed by atoms with van der Waals surface area (Å²) in [7, 11) is -1.30. The van der Waals surface area contributed by atoms with Gasteiger partial charge in [-0.05, 0) is 13.3 Å². The van der Waals surface area contributed by atoms with E-state index in [1.165, 1.54) is 11.8 Å². The molecule has 0 unspecified atom stereocenters. The van der Waals surface area contributed by atoms with Crippen LogP contribution in [0, 0.1) is 0 Å². The minimum atomic E-state index is -2.97. The van der Waals surface area contributed by atoms with E-state index in [2.05, 4.69) is 10.2 Å². The van der Waals surface area contributed by atoms with Crippen LogP contribution in [0.4, 0.5) is 0 Å². The van der Waals surface area contributed by atoms with E-state index in [4.69, 9.17) is 0 Å². The largest absolute Gasteiger partial charge is 0.341 e. The number of carbonyl (C=O) groups excluding carboxylic acids is 1. The van der Waals surface area contributed by atoms with E-state index in [1.807, 2.05) is 11.5 Å². The molecule has 0 N–H and O–H groups in total. The number of amides is 1. The van der Waals surface area contributed by atoms with Gasteiger partial charge in [0.05, 0.1) is 17.3 Å². The molecule has 1 aliphatic rings. The van der Waals surface area contributed by atoms with Crippen molar-refractivity contribution in [3.05, 3.63) is 6.33 Å². The fourth-order valence-electron chi connectivity index (χ4n) is 2.09. The summed E-state index contributed by atoms with van der Waals surface area (Å²) < 4.78 is 24.7. The highest BCUT2D eigenvalue weighted by molar-refractivity contribution is 7.99. The third-order valence-corrected chi connectivity index (χ3v) is 6.11. The van der Waals surface area contributed by atoms with Gasteiger partial charge in [0.1, 0.15) is 6.33 Å². The maximum absolute atomic E-state index is 12.1. The van der Waals surface area contributed by atoms with Gasteiger partial charge in [-0.3, -0.25) is 4.79 Å². The highest BCUT2D eigenvalue weighted by Crippen LogP contribution is 2.19. The van der Waals surface area contributed by atoms with Crippen molar-refractivity contribution in [2.75, 3.05) is 24.3 Å². The Labute approximate surface area is 122 Å². The van der Waals surface area contributed by atoms with Gasteiger partial charge in [-0.1, -0.05) is 11.8 Å². The molecule has 20 heavy (non-hydrogen) atoms. The minimum absolute atomic E-state index is 0.0745. The molecule has 0 aromatic carbocycles. The highest BCUT2D eigenvalue weighted by Gasteiger charge is 2.32. The van der Waals surface area contributed by atoms with Gasteiger partial charge in [-0.2, -0.15) is 0 Å². The summed E-state index contributed by atoms with van der Waals surface area (Å²) in [5.41, 5.74) is 0. The monoisotopic (exact) mass is 318 g/mol. The first kappa shape index (κ1) is 15.3. The number of hydrogen-bond acceptors (Lipinski definition) is 6. The van der Waals surface area contributed by atoms with E-state index in [9.17, 15) is 13.2 Å². The lowest BCUT2D eigenvalue weighted by Crippen LogP contribution is -2.38. The molecule has 0 radical (unpaired) electrons. The molecule has 2 heterocycles. The summed E-state index contributed by atoms with van der Waals surface area (Å²) in [5, 5.41) is 8.45. The zero-order chi connectivity index (χ0) is 14.8. The number of sulfone groups is 1. The second kappa shape index (κ2) is 6.13. The van der Waals surface area contributed by atoms with Crippen molar-refractivity contribution in [1.29, 1.82) is 0 Å². The first-order valence-electron chi connectivity index (χ1n) is 6.39. The molecular formula is C11H18N4O3S2. The fraction of sp³-hybridized carbons (Fsp3) is 0.727. The summed E-state index contributed by atoms with van der Waals surface area (Å²) in [4.78, 5) is 13.6. The number of nitrogens with zero attached hydrogens (tertiary/aromatic N) is 4. The highest BCUT2D eigenvalue weighted by atomic mass is 32.2. The smallest absolute Gasteiger partial charge is 0.233 e. The Bertz CT molecular complexity index is 584. The van der Waals surface area contributed by atoms with E-state index < -0.39 is 9.84 Å². The SMILES string of the molecule is CCn1cnnc1SCC(=O)N(C)[C@H]1CCS(=O)(=O)C1. The maximum Gasteiger partial charge on any atom is 0.233 e. The van der Waals surface area contributed by atoms with E-state index in [0.717, 1.165) is 6.54 Å². The number of carbonyl (C=O) groups is 1. The molecule has 1 saturated heterocycles. The zero-order valence-corrected chi connectivity index (χ0v) is 13.2. The van der Waals surface area contributed by atoms with Crippen molar-refractivity contribution >= 4 is 27.5 Å². The number of hydrogen-bond donors (Lipinski definition) is 0. The minimum Gasteiger partial charge on any atom is -0.341 e. The van der Waals surface area contributed by atoms with Crippen LogP contribution in [0.15, 0.2) is 11.5 Å². The Hall–Kier alpha value is -1.09. The molecule has 0 spiro atoms. The predicted octanol–water partition coefficient (Wildman–Crippen LogP) is 0.0356. The number of aromatic nitrogens is 3. The van der Waals surface area contributed by atoms with Gasteiger partial charge < -0.3 is 9.47 Å². The lowest BCUT2D eigenvalue weighted by Gasteiger charge is -2.23. The summed E-state index contributed by atoms with van der Waals surface area (Å²) in [6.07, 6.45) is 2.15. The van der Waals surface area contributed by atoms with Gasteiger partial charge >= 0.3 is 0 Å². The van der Waals surface area contributed by atoms with Crippen LogP contribution in [-0.2, 0) is 21.2 Å². The molecular weight excluding hydrogens is 300 g/mol. The van der Waals surface area contributed by atoms with Gasteiger partial charge in [0.15, 0.2) is 15.0 Å². The third kappa shape index (κ3) is 3.51. The number of aryl methyl sites for hydroxylation is 1. The van der Waals surface area contributed by atoms with Gasteiger partial charge in [0.2, 0.25) is 5.91 Å². The second-order valence-corrected chi connectivity index (χ2v) is 7.92. The normalized spacial score (nSPS) is 21.0. The third-order valence-electron chi connectivity index (χ3n) is 3.39. The maximum atomic E-state index is 12.1. The summed E-state index contributed by atoms with van der Waals surface area (Å²) >= 11 is 1.32. The molecule has 0 aliphatic carbocycles. The zero-order valence-electron chi connectivity index (χ0n) is 11.5. The Morgan fingerprint density at radius 2 is 2.35 bits per heavy atom. The van der Waals surface area contributed by atoms with Crippen LogP contribution >= 0.6 is 11.8 Å². The molecule has 1 aliphatic heterocycles. The van der Waals surface area contributed by atoms with Crippen molar-refractivity contribution < 1.29 is 13.2 Å². The Morgan fingerprint density at radius 3 is 2.95 bits per heavy atom. The lowest BCUT2D eigenvalue weighted by atomic mass is 10.2. The fourth-order valence-corrected chi connectivity index (χ4v) is 4.76. The number of rotatable bonds is 5. The standard InChI is InChI=1S/C11H18N4O3S2/c1-3-15-8-12-13-11(15)19-6-10(16)14(2)9-4-5-20(17,18)7-9/h8-9H,3-7H2,1-2H3/t9-/m0/s1. The summed E-state index contributed by atoms with van der Waals surface area (Å²) in [6, 6.07) is -0.197. The van der Waals surface area contributed by atoms with E-state index >= 15 is 0 Å². The van der Waals surface area contributed by atoms with Crippen molar-refractivity contribution in [2.45, 2.75) is 31.1 Å². The van der Waals surface area contributed by atoms with Crippen LogP contribution in [0.2, 0.25) is 0 Å². The lowest BCUT2D eigenvalue weighted by molar-refractivity contribution is -0.128. The molecule has 1 amide bonds. The topological polar surface area (TPSA) is 85.2 Å². The van der Waals surface area contributed by atoms with Gasteiger partial charge in [-0.25, -0.2) is 8.42 Å². The summed E-state index contributed by atoms with van der Waals surface area (Å²) in [6.45, 7) is 2.73. The Kier molecular flexibility index (Phi) is 4.69. The molecule has 1 atom stereocenters. The van der Waals surface area contributed by atoms with E-state index in [-0.39, 0.29) is 29.2 Å². The summed E-state index contributed by atoms with van der Waals surface area (Å²) in [5.74, 6) is 0.409. The van der Waals surface area contributed by atoms with Crippen LogP contribution in [-0.4, -0.2) is 64.3 Å². The predicted molar refractivity (Wildman–Crippen MR) is 76.2 cm³/mol. The Morgan fingerprint density at radius 1 is 1.60 bits per heavy atom. The Balaban J connectivity index is 1.89. The van der Waals surface area contributed by atoms with Gasteiger partial charge in [-0.15, -0.1) is 10.2 Å². The molecule has 0 bridgehead atoms. The van der Waals surface area contributed by atoms with Crippen molar-refractivity contribution in [3.8, 4) is 0 Å². The molecule has 0 saturated carbocycles. The number of thioether (sulfide) groups is 1. The van der Waals surface area contributed by atoms with Crippen molar-refractivity contribution in [2.24, 2.45) is 0 Å². The van der Waals surface area contributed by atoms with Crippen molar-refractivity contribution in [1.82, 2.24) is 19.7 Å². The van der Waals surface area contributed by atoms with Gasteiger partial charge in [0.25, 0.3) is 0 Å². The molecule has 1 aromatic heterocycles. The van der Waals surface area contributed by atoms with Crippen LogP contribution in [0.3, 0.4) is 0 Å². The average Bonchev–Trinajstić information content (AvgIpc) is 3.00. The van der Waals surface area contributed by atoms with Crippen LogP contribution in [0.25, 0.3) is 0 Å². The molecule has 9 heteroatoms. The molecule has 112 valence electrons. The van der Waals surface area contributed by atoms with Crippen LogP contribution in [0.5, 0.6) is 0 Å².